The lowest BCUT2D eigenvalue weighted by atomic mass is 9.83. The fourth-order valence-corrected chi connectivity index (χ4v) is 1.66. The van der Waals surface area contributed by atoms with Crippen LogP contribution in [0.4, 0.5) is 8.78 Å². The van der Waals surface area contributed by atoms with Crippen LogP contribution < -0.4 is 15.2 Å². The van der Waals surface area contributed by atoms with Gasteiger partial charge in [-0.1, -0.05) is 26.8 Å². The summed E-state index contributed by atoms with van der Waals surface area (Å²) < 4.78 is 34.4. The Bertz CT molecular complexity index is 446. The number of ether oxygens (including phenoxy) is 2. The van der Waals surface area contributed by atoms with Gasteiger partial charge in [0.2, 0.25) is 0 Å². The van der Waals surface area contributed by atoms with Crippen LogP contribution in [0.1, 0.15) is 32.4 Å². The van der Waals surface area contributed by atoms with Gasteiger partial charge in [-0.3, -0.25) is 0 Å². The lowest BCUT2D eigenvalue weighted by molar-refractivity contribution is -0.286. The Kier molecular flexibility index (Phi) is 3.79. The molecule has 18 heavy (non-hydrogen) atoms. The first kappa shape index (κ1) is 15.0. The van der Waals surface area contributed by atoms with Gasteiger partial charge >= 0.3 is 6.29 Å². The van der Waals surface area contributed by atoms with Crippen molar-refractivity contribution in [3.8, 4) is 11.5 Å². The zero-order chi connectivity index (χ0) is 12.8. The molecule has 6 heteroatoms. The number of fused-ring (bicyclic) bond motifs is 1. The van der Waals surface area contributed by atoms with E-state index in [9.17, 15) is 8.78 Å². The molecule has 1 aromatic rings. The molecule has 0 unspecified atom stereocenters. The van der Waals surface area contributed by atoms with Crippen LogP contribution in [0.3, 0.4) is 0 Å². The number of nitrogens with two attached hydrogens (primary N) is 1. The molecule has 1 heterocycles. The molecule has 0 saturated carbocycles. The van der Waals surface area contributed by atoms with Crippen molar-refractivity contribution in [2.75, 3.05) is 0 Å². The maximum absolute atomic E-state index is 12.8. The quantitative estimate of drug-likeness (QED) is 0.856. The summed E-state index contributed by atoms with van der Waals surface area (Å²) in [5, 5.41) is 0. The molecule has 3 nitrogen and oxygen atoms in total. The van der Waals surface area contributed by atoms with Gasteiger partial charge in [0, 0.05) is 6.04 Å². The average molecular weight is 280 g/mol. The van der Waals surface area contributed by atoms with E-state index in [2.05, 4.69) is 9.47 Å². The van der Waals surface area contributed by atoms with Gasteiger partial charge in [-0.2, -0.15) is 0 Å². The first-order chi connectivity index (χ1) is 7.69. The van der Waals surface area contributed by atoms with Crippen LogP contribution in [0.25, 0.3) is 0 Å². The third kappa shape index (κ3) is 2.84. The molecule has 102 valence electrons. The highest BCUT2D eigenvalue weighted by atomic mass is 35.5. The first-order valence-corrected chi connectivity index (χ1v) is 5.34. The van der Waals surface area contributed by atoms with Crippen LogP contribution in [0.5, 0.6) is 11.5 Å². The first-order valence-electron chi connectivity index (χ1n) is 5.34. The molecule has 1 aliphatic rings. The molecular formula is C12H16ClF2NO2. The Morgan fingerprint density at radius 3 is 2.28 bits per heavy atom. The van der Waals surface area contributed by atoms with E-state index in [4.69, 9.17) is 5.73 Å². The second-order valence-electron chi connectivity index (χ2n) is 5.22. The van der Waals surface area contributed by atoms with Gasteiger partial charge in [-0.05, 0) is 23.1 Å². The van der Waals surface area contributed by atoms with E-state index in [1.807, 2.05) is 20.8 Å². The summed E-state index contributed by atoms with van der Waals surface area (Å²) >= 11 is 0. The molecule has 2 N–H and O–H groups in total. The number of hydrogen-bond acceptors (Lipinski definition) is 3. The van der Waals surface area contributed by atoms with Crippen molar-refractivity contribution in [1.82, 2.24) is 0 Å². The van der Waals surface area contributed by atoms with Crippen molar-refractivity contribution in [2.24, 2.45) is 11.1 Å². The SMILES string of the molecule is CC(C)(C)[C@@H](N)c1ccc2c(c1)OC(F)(F)O2.Cl. The fourth-order valence-electron chi connectivity index (χ4n) is 1.66. The Hall–Kier alpha value is -1.07. The highest BCUT2D eigenvalue weighted by molar-refractivity contribution is 5.85. The van der Waals surface area contributed by atoms with E-state index in [1.165, 1.54) is 12.1 Å². The average Bonchev–Trinajstić information content (AvgIpc) is 2.47. The van der Waals surface area contributed by atoms with Crippen LogP contribution in [0, 0.1) is 5.41 Å². The second kappa shape index (κ2) is 4.55. The fraction of sp³-hybridized carbons (Fsp3) is 0.500. The number of halogens is 3. The molecule has 0 fully saturated rings. The van der Waals surface area contributed by atoms with Crippen molar-refractivity contribution in [3.05, 3.63) is 23.8 Å². The maximum atomic E-state index is 12.8. The Balaban J connectivity index is 0.00000162. The molecule has 0 radical (unpaired) electrons. The van der Waals surface area contributed by atoms with Crippen LogP contribution in [0.15, 0.2) is 18.2 Å². The van der Waals surface area contributed by atoms with Crippen molar-refractivity contribution in [2.45, 2.75) is 33.1 Å². The lowest BCUT2D eigenvalue weighted by Gasteiger charge is -2.27. The third-order valence-electron chi connectivity index (χ3n) is 2.72. The van der Waals surface area contributed by atoms with Gasteiger partial charge < -0.3 is 15.2 Å². The molecule has 0 saturated heterocycles. The summed E-state index contributed by atoms with van der Waals surface area (Å²) in [5.41, 5.74) is 6.64. The molecule has 0 aliphatic carbocycles. The van der Waals surface area contributed by atoms with Gasteiger partial charge in [0.05, 0.1) is 0 Å². The predicted octanol–water partition coefficient (Wildman–Crippen LogP) is 3.48. The van der Waals surface area contributed by atoms with E-state index in [1.54, 1.807) is 6.07 Å². The minimum atomic E-state index is -3.58. The topological polar surface area (TPSA) is 44.5 Å². The summed E-state index contributed by atoms with van der Waals surface area (Å²) in [4.78, 5) is 0. The number of hydrogen-bond donors (Lipinski definition) is 1. The maximum Gasteiger partial charge on any atom is 0.586 e. The summed E-state index contributed by atoms with van der Waals surface area (Å²) in [6, 6.07) is 4.38. The zero-order valence-electron chi connectivity index (χ0n) is 10.4. The minimum absolute atomic E-state index is 0. The smallest absolute Gasteiger partial charge is 0.395 e. The lowest BCUT2D eigenvalue weighted by Crippen LogP contribution is -2.26. The van der Waals surface area contributed by atoms with E-state index >= 15 is 0 Å². The van der Waals surface area contributed by atoms with Crippen LogP contribution in [0.2, 0.25) is 0 Å². The summed E-state index contributed by atoms with van der Waals surface area (Å²) in [5.74, 6) is 0.0760. The van der Waals surface area contributed by atoms with E-state index < -0.39 is 6.29 Å². The minimum Gasteiger partial charge on any atom is -0.395 e. The molecular weight excluding hydrogens is 264 g/mol. The Morgan fingerprint density at radius 2 is 1.72 bits per heavy atom. The second-order valence-corrected chi connectivity index (χ2v) is 5.22. The summed E-state index contributed by atoms with van der Waals surface area (Å²) in [6.07, 6.45) is -3.58. The van der Waals surface area contributed by atoms with Crippen molar-refractivity contribution < 1.29 is 18.3 Å². The van der Waals surface area contributed by atoms with Crippen LogP contribution in [-0.2, 0) is 0 Å². The van der Waals surface area contributed by atoms with Gasteiger partial charge in [-0.15, -0.1) is 21.2 Å². The van der Waals surface area contributed by atoms with Gasteiger partial charge in [0.25, 0.3) is 0 Å². The number of alkyl halides is 2. The number of benzene rings is 1. The van der Waals surface area contributed by atoms with Gasteiger partial charge in [0.1, 0.15) is 0 Å². The third-order valence-corrected chi connectivity index (χ3v) is 2.72. The molecule has 0 aromatic heterocycles. The van der Waals surface area contributed by atoms with Crippen LogP contribution >= 0.6 is 12.4 Å². The van der Waals surface area contributed by atoms with E-state index in [-0.39, 0.29) is 35.4 Å². The predicted molar refractivity (Wildman–Crippen MR) is 66.3 cm³/mol. The van der Waals surface area contributed by atoms with E-state index in [0.29, 0.717) is 0 Å². The van der Waals surface area contributed by atoms with Crippen molar-refractivity contribution in [3.63, 3.8) is 0 Å². The monoisotopic (exact) mass is 279 g/mol. The largest absolute Gasteiger partial charge is 0.586 e. The number of rotatable bonds is 1. The van der Waals surface area contributed by atoms with Crippen molar-refractivity contribution >= 4 is 12.4 Å². The molecule has 0 spiro atoms. The van der Waals surface area contributed by atoms with E-state index in [0.717, 1.165) is 5.56 Å². The van der Waals surface area contributed by atoms with Crippen molar-refractivity contribution in [1.29, 1.82) is 0 Å². The summed E-state index contributed by atoms with van der Waals surface area (Å²) in [7, 11) is 0. The van der Waals surface area contributed by atoms with Gasteiger partial charge in [-0.25, -0.2) is 0 Å². The molecule has 1 aliphatic heterocycles. The normalized spacial score (nSPS) is 18.1. The molecule has 0 amide bonds. The Labute approximate surface area is 111 Å². The molecule has 0 bridgehead atoms. The zero-order valence-corrected chi connectivity index (χ0v) is 11.2. The molecule has 2 rings (SSSR count). The highest BCUT2D eigenvalue weighted by Crippen LogP contribution is 2.43. The molecule has 1 aromatic carbocycles. The highest BCUT2D eigenvalue weighted by Gasteiger charge is 2.43. The molecule has 1 atom stereocenters. The summed E-state index contributed by atoms with van der Waals surface area (Å²) in [6.45, 7) is 5.95. The van der Waals surface area contributed by atoms with Gasteiger partial charge in [0.15, 0.2) is 11.5 Å². The van der Waals surface area contributed by atoms with Crippen LogP contribution in [-0.4, -0.2) is 6.29 Å². The Morgan fingerprint density at radius 1 is 1.17 bits per heavy atom. The standard InChI is InChI=1S/C12H15F2NO2.ClH/c1-11(2,3)10(15)7-4-5-8-9(6-7)17-12(13,14)16-8;/h4-6,10H,15H2,1-3H3;1H/t10-;/m0./s1.